The minimum absolute atomic E-state index is 0.0397. The molecule has 2 aromatic rings. The van der Waals surface area contributed by atoms with Gasteiger partial charge in [0.05, 0.1) is 22.7 Å². The Labute approximate surface area is 168 Å². The first-order valence-electron chi connectivity index (χ1n) is 9.83. The highest BCUT2D eigenvalue weighted by Gasteiger charge is 2.36. The Balaban J connectivity index is 1.39. The van der Waals surface area contributed by atoms with E-state index in [9.17, 15) is 9.59 Å². The number of amides is 2. The van der Waals surface area contributed by atoms with Crippen molar-refractivity contribution in [3.8, 4) is 5.75 Å². The molecule has 8 heteroatoms. The summed E-state index contributed by atoms with van der Waals surface area (Å²) in [6.07, 6.45) is 2.19. The number of fused-ring (bicyclic) bond motifs is 1. The van der Waals surface area contributed by atoms with Crippen LogP contribution in [0.4, 0.5) is 5.13 Å². The van der Waals surface area contributed by atoms with Crippen molar-refractivity contribution < 1.29 is 19.1 Å². The van der Waals surface area contributed by atoms with E-state index in [1.54, 1.807) is 4.90 Å². The summed E-state index contributed by atoms with van der Waals surface area (Å²) in [7, 11) is 0. The summed E-state index contributed by atoms with van der Waals surface area (Å²) in [5.74, 6) is 0.855. The molecule has 1 unspecified atom stereocenters. The largest absolute Gasteiger partial charge is 0.494 e. The van der Waals surface area contributed by atoms with Gasteiger partial charge < -0.3 is 14.8 Å². The van der Waals surface area contributed by atoms with Crippen LogP contribution in [-0.2, 0) is 14.3 Å². The monoisotopic (exact) mass is 403 g/mol. The van der Waals surface area contributed by atoms with Crippen molar-refractivity contribution in [2.45, 2.75) is 26.2 Å². The summed E-state index contributed by atoms with van der Waals surface area (Å²) in [5.41, 5.74) is 0.837. The highest BCUT2D eigenvalue weighted by atomic mass is 32.1. The number of rotatable bonds is 6. The van der Waals surface area contributed by atoms with E-state index in [-0.39, 0.29) is 24.2 Å². The minimum atomic E-state index is -0.321. The summed E-state index contributed by atoms with van der Waals surface area (Å²) < 4.78 is 11.9. The molecule has 0 spiro atoms. The molecule has 28 heavy (non-hydrogen) atoms. The number of anilines is 1. The Bertz CT molecular complexity index is 862. The van der Waals surface area contributed by atoms with E-state index in [0.29, 0.717) is 30.7 Å². The molecule has 2 aliphatic heterocycles. The number of nitrogens with zero attached hydrogens (tertiary/aromatic N) is 2. The first-order chi connectivity index (χ1) is 13.6. The van der Waals surface area contributed by atoms with Gasteiger partial charge in [0.25, 0.3) is 0 Å². The summed E-state index contributed by atoms with van der Waals surface area (Å²) in [6.45, 7) is 5.12. The number of thiazole rings is 1. The van der Waals surface area contributed by atoms with Crippen LogP contribution >= 0.6 is 11.3 Å². The predicted molar refractivity (Wildman–Crippen MR) is 108 cm³/mol. The number of hydrogen-bond acceptors (Lipinski definition) is 6. The van der Waals surface area contributed by atoms with Crippen molar-refractivity contribution in [2.24, 2.45) is 11.8 Å². The number of benzene rings is 1. The number of aromatic nitrogens is 1. The SMILES string of the molecule is CCOc1ccc2nc(N3CC(C(=O)NCC4CCOCC4)CC3=O)sc2c1. The molecule has 1 atom stereocenters. The molecule has 2 saturated heterocycles. The number of ether oxygens (including phenoxy) is 2. The van der Waals surface area contributed by atoms with Crippen molar-refractivity contribution in [3.05, 3.63) is 18.2 Å². The second-order valence-corrected chi connectivity index (χ2v) is 8.27. The van der Waals surface area contributed by atoms with Crippen molar-refractivity contribution in [1.29, 1.82) is 0 Å². The van der Waals surface area contributed by atoms with Gasteiger partial charge in [0.15, 0.2) is 5.13 Å². The first kappa shape index (κ1) is 19.1. The Morgan fingerprint density at radius 3 is 3.00 bits per heavy atom. The standard InChI is InChI=1S/C20H25N3O4S/c1-2-27-15-3-4-16-17(10-15)28-20(22-16)23-12-14(9-18(23)24)19(25)21-11-13-5-7-26-8-6-13/h3-4,10,13-14H,2,5-9,11-12H2,1H3,(H,21,25). The molecular weight excluding hydrogens is 378 g/mol. The Morgan fingerprint density at radius 1 is 1.39 bits per heavy atom. The molecule has 0 radical (unpaired) electrons. The van der Waals surface area contributed by atoms with Crippen LogP contribution in [0.25, 0.3) is 10.2 Å². The van der Waals surface area contributed by atoms with Gasteiger partial charge in [-0.05, 0) is 43.9 Å². The maximum atomic E-state index is 12.5. The molecule has 7 nitrogen and oxygen atoms in total. The lowest BCUT2D eigenvalue weighted by atomic mass is 10.00. The third-order valence-corrected chi connectivity index (χ3v) is 6.33. The molecule has 0 aliphatic carbocycles. The summed E-state index contributed by atoms with van der Waals surface area (Å²) in [5, 5.41) is 3.67. The summed E-state index contributed by atoms with van der Waals surface area (Å²) in [4.78, 5) is 31.3. The normalized spacial score (nSPS) is 20.7. The van der Waals surface area contributed by atoms with Gasteiger partial charge in [-0.3, -0.25) is 14.5 Å². The van der Waals surface area contributed by atoms with E-state index in [0.717, 1.165) is 42.0 Å². The molecule has 1 aromatic carbocycles. The second-order valence-electron chi connectivity index (χ2n) is 7.27. The molecule has 2 aliphatic rings. The molecular formula is C20H25N3O4S. The molecule has 0 bridgehead atoms. The zero-order valence-electron chi connectivity index (χ0n) is 16.0. The summed E-state index contributed by atoms with van der Waals surface area (Å²) in [6, 6.07) is 5.73. The summed E-state index contributed by atoms with van der Waals surface area (Å²) >= 11 is 1.46. The molecule has 3 heterocycles. The third kappa shape index (κ3) is 4.12. The average molecular weight is 404 g/mol. The number of nitrogens with one attached hydrogen (secondary N) is 1. The van der Waals surface area contributed by atoms with E-state index in [1.807, 2.05) is 25.1 Å². The van der Waals surface area contributed by atoms with Gasteiger partial charge in [-0.15, -0.1) is 0 Å². The Kier molecular flexibility index (Phi) is 5.77. The lowest BCUT2D eigenvalue weighted by molar-refractivity contribution is -0.126. The number of carbonyl (C=O) groups is 2. The maximum absolute atomic E-state index is 12.5. The smallest absolute Gasteiger partial charge is 0.229 e. The quantitative estimate of drug-likeness (QED) is 0.802. The van der Waals surface area contributed by atoms with Gasteiger partial charge in [-0.25, -0.2) is 4.98 Å². The Hall–Kier alpha value is -2.19. The maximum Gasteiger partial charge on any atom is 0.229 e. The van der Waals surface area contributed by atoms with Crippen LogP contribution in [0.2, 0.25) is 0 Å². The van der Waals surface area contributed by atoms with Crippen molar-refractivity contribution in [2.75, 3.05) is 37.8 Å². The van der Waals surface area contributed by atoms with E-state index in [4.69, 9.17) is 9.47 Å². The molecule has 0 saturated carbocycles. The van der Waals surface area contributed by atoms with E-state index in [1.165, 1.54) is 11.3 Å². The number of hydrogen-bond donors (Lipinski definition) is 1. The fourth-order valence-electron chi connectivity index (χ4n) is 3.67. The zero-order chi connectivity index (χ0) is 19.5. The van der Waals surface area contributed by atoms with E-state index < -0.39 is 0 Å². The minimum Gasteiger partial charge on any atom is -0.494 e. The molecule has 4 rings (SSSR count). The first-order valence-corrected chi connectivity index (χ1v) is 10.6. The van der Waals surface area contributed by atoms with Crippen LogP contribution in [0.3, 0.4) is 0 Å². The average Bonchev–Trinajstić information content (AvgIpc) is 3.30. The molecule has 150 valence electrons. The molecule has 1 N–H and O–H groups in total. The van der Waals surface area contributed by atoms with Crippen LogP contribution in [-0.4, -0.2) is 49.7 Å². The zero-order valence-corrected chi connectivity index (χ0v) is 16.8. The van der Waals surface area contributed by atoms with Crippen LogP contribution < -0.4 is 15.0 Å². The van der Waals surface area contributed by atoms with Gasteiger partial charge in [0.1, 0.15) is 5.75 Å². The van der Waals surface area contributed by atoms with Crippen LogP contribution in [0, 0.1) is 11.8 Å². The van der Waals surface area contributed by atoms with Crippen LogP contribution in [0.5, 0.6) is 5.75 Å². The fourth-order valence-corrected chi connectivity index (χ4v) is 4.69. The predicted octanol–water partition coefficient (Wildman–Crippen LogP) is 2.59. The van der Waals surface area contributed by atoms with E-state index >= 15 is 0 Å². The van der Waals surface area contributed by atoms with Crippen LogP contribution in [0.15, 0.2) is 18.2 Å². The van der Waals surface area contributed by atoms with Crippen molar-refractivity contribution in [1.82, 2.24) is 10.3 Å². The van der Waals surface area contributed by atoms with Crippen molar-refractivity contribution >= 4 is 38.5 Å². The molecule has 2 fully saturated rings. The van der Waals surface area contributed by atoms with Gasteiger partial charge in [0, 0.05) is 32.7 Å². The van der Waals surface area contributed by atoms with Crippen LogP contribution in [0.1, 0.15) is 26.2 Å². The second kappa shape index (κ2) is 8.45. The lowest BCUT2D eigenvalue weighted by Gasteiger charge is -2.22. The number of carbonyl (C=O) groups excluding carboxylic acids is 2. The Morgan fingerprint density at radius 2 is 2.21 bits per heavy atom. The van der Waals surface area contributed by atoms with Gasteiger partial charge in [-0.1, -0.05) is 11.3 Å². The third-order valence-electron chi connectivity index (χ3n) is 5.29. The van der Waals surface area contributed by atoms with Gasteiger partial charge in [0.2, 0.25) is 11.8 Å². The molecule has 2 amide bonds. The molecule has 1 aromatic heterocycles. The van der Waals surface area contributed by atoms with Gasteiger partial charge in [-0.2, -0.15) is 0 Å². The van der Waals surface area contributed by atoms with Crippen molar-refractivity contribution in [3.63, 3.8) is 0 Å². The highest BCUT2D eigenvalue weighted by molar-refractivity contribution is 7.22. The topological polar surface area (TPSA) is 80.8 Å². The fraction of sp³-hybridized carbons (Fsp3) is 0.550. The highest BCUT2D eigenvalue weighted by Crippen LogP contribution is 2.34. The lowest BCUT2D eigenvalue weighted by Crippen LogP contribution is -2.37. The van der Waals surface area contributed by atoms with Gasteiger partial charge >= 0.3 is 0 Å². The van der Waals surface area contributed by atoms with E-state index in [2.05, 4.69) is 10.3 Å².